The zero-order chi connectivity index (χ0) is 19.1. The van der Waals surface area contributed by atoms with Gasteiger partial charge in [0.05, 0.1) is 10.7 Å². The minimum Gasteiger partial charge on any atom is -0.454 e. The number of aromatic nitrogens is 1. The van der Waals surface area contributed by atoms with E-state index in [1.807, 2.05) is 0 Å². The number of ether oxygens (including phenoxy) is 1. The van der Waals surface area contributed by atoms with Crippen LogP contribution in [0.25, 0.3) is 0 Å². The average Bonchev–Trinajstić information content (AvgIpc) is 2.60. The summed E-state index contributed by atoms with van der Waals surface area (Å²) in [7, 11) is 0. The molecule has 2 N–H and O–H groups in total. The Morgan fingerprint density at radius 1 is 1.15 bits per heavy atom. The molecule has 2 amide bonds. The lowest BCUT2D eigenvalue weighted by Crippen LogP contribution is -2.32. The van der Waals surface area contributed by atoms with Crippen molar-refractivity contribution < 1.29 is 23.5 Å². The van der Waals surface area contributed by atoms with Gasteiger partial charge in [0.1, 0.15) is 18.1 Å². The number of amides is 2. The van der Waals surface area contributed by atoms with Gasteiger partial charge in [-0.25, -0.2) is 4.39 Å². The zero-order valence-corrected chi connectivity index (χ0v) is 14.6. The normalized spacial score (nSPS) is 10.1. The van der Waals surface area contributed by atoms with Crippen molar-refractivity contribution in [1.29, 1.82) is 0 Å². The SMILES string of the molecule is O=C(COC(=O)CNC(=O)c1cc(Cl)ccn1)Nc1ccc(F)cc1Cl. The number of hydrogen-bond acceptors (Lipinski definition) is 5. The van der Waals surface area contributed by atoms with E-state index in [0.717, 1.165) is 12.1 Å². The highest BCUT2D eigenvalue weighted by Crippen LogP contribution is 2.22. The first-order valence-electron chi connectivity index (χ1n) is 7.15. The first kappa shape index (κ1) is 19.6. The van der Waals surface area contributed by atoms with Crippen molar-refractivity contribution >= 4 is 46.7 Å². The van der Waals surface area contributed by atoms with Gasteiger partial charge in [-0.3, -0.25) is 19.4 Å². The third-order valence-electron chi connectivity index (χ3n) is 2.92. The Morgan fingerprint density at radius 3 is 2.62 bits per heavy atom. The Bertz CT molecular complexity index is 848. The average molecular weight is 400 g/mol. The molecule has 0 spiro atoms. The molecule has 0 radical (unpaired) electrons. The summed E-state index contributed by atoms with van der Waals surface area (Å²) in [6, 6.07) is 6.26. The largest absolute Gasteiger partial charge is 0.454 e. The van der Waals surface area contributed by atoms with Crippen molar-refractivity contribution in [3.8, 4) is 0 Å². The fourth-order valence-electron chi connectivity index (χ4n) is 1.75. The highest BCUT2D eigenvalue weighted by molar-refractivity contribution is 6.33. The van der Waals surface area contributed by atoms with Gasteiger partial charge in [-0.2, -0.15) is 0 Å². The fraction of sp³-hybridized carbons (Fsp3) is 0.125. The van der Waals surface area contributed by atoms with E-state index in [1.54, 1.807) is 0 Å². The number of benzene rings is 1. The quantitative estimate of drug-likeness (QED) is 0.726. The molecule has 7 nitrogen and oxygen atoms in total. The molecule has 0 saturated carbocycles. The topological polar surface area (TPSA) is 97.4 Å². The molecule has 0 unspecified atom stereocenters. The van der Waals surface area contributed by atoms with Crippen LogP contribution in [0.2, 0.25) is 10.0 Å². The van der Waals surface area contributed by atoms with E-state index in [0.29, 0.717) is 5.02 Å². The first-order valence-corrected chi connectivity index (χ1v) is 7.91. The summed E-state index contributed by atoms with van der Waals surface area (Å²) in [6.07, 6.45) is 1.35. The van der Waals surface area contributed by atoms with Crippen LogP contribution >= 0.6 is 23.2 Å². The molecule has 0 aliphatic carbocycles. The third-order valence-corrected chi connectivity index (χ3v) is 3.47. The van der Waals surface area contributed by atoms with Crippen LogP contribution in [-0.2, 0) is 14.3 Å². The van der Waals surface area contributed by atoms with E-state index >= 15 is 0 Å². The number of halogens is 3. The van der Waals surface area contributed by atoms with Gasteiger partial charge in [0.25, 0.3) is 11.8 Å². The molecule has 26 heavy (non-hydrogen) atoms. The van der Waals surface area contributed by atoms with Gasteiger partial charge in [-0.15, -0.1) is 0 Å². The summed E-state index contributed by atoms with van der Waals surface area (Å²) >= 11 is 11.5. The fourth-order valence-corrected chi connectivity index (χ4v) is 2.12. The van der Waals surface area contributed by atoms with E-state index in [-0.39, 0.29) is 16.4 Å². The number of hydrogen-bond donors (Lipinski definition) is 2. The van der Waals surface area contributed by atoms with E-state index in [4.69, 9.17) is 27.9 Å². The standard InChI is InChI=1S/C16H12Cl2FN3O4/c17-9-3-4-20-13(5-9)16(25)21-7-15(24)26-8-14(23)22-12-2-1-10(19)6-11(12)18/h1-6H,7-8H2,(H,21,25)(H,22,23). The number of nitrogens with zero attached hydrogens (tertiary/aromatic N) is 1. The summed E-state index contributed by atoms with van der Waals surface area (Å²) in [5.74, 6) is -2.67. The van der Waals surface area contributed by atoms with E-state index in [9.17, 15) is 18.8 Å². The zero-order valence-electron chi connectivity index (χ0n) is 13.1. The number of nitrogens with one attached hydrogen (secondary N) is 2. The van der Waals surface area contributed by atoms with E-state index in [1.165, 1.54) is 24.4 Å². The summed E-state index contributed by atoms with van der Waals surface area (Å²) in [5.41, 5.74) is 0.212. The predicted molar refractivity (Wildman–Crippen MR) is 92.6 cm³/mol. The van der Waals surface area contributed by atoms with Crippen LogP contribution in [0, 0.1) is 5.82 Å². The Kier molecular flexibility index (Phi) is 6.88. The lowest BCUT2D eigenvalue weighted by molar-refractivity contribution is -0.146. The number of rotatable bonds is 6. The van der Waals surface area contributed by atoms with Crippen molar-refractivity contribution in [3.05, 3.63) is 58.1 Å². The number of pyridine rings is 1. The maximum Gasteiger partial charge on any atom is 0.325 e. The number of anilines is 1. The maximum absolute atomic E-state index is 12.9. The lowest BCUT2D eigenvalue weighted by atomic mass is 10.3. The summed E-state index contributed by atoms with van der Waals surface area (Å²) in [4.78, 5) is 38.9. The molecule has 2 rings (SSSR count). The van der Waals surface area contributed by atoms with Crippen LogP contribution in [0.1, 0.15) is 10.5 Å². The predicted octanol–water partition coefficient (Wildman–Crippen LogP) is 2.44. The Balaban J connectivity index is 1.76. The second-order valence-electron chi connectivity index (χ2n) is 4.88. The van der Waals surface area contributed by atoms with Gasteiger partial charge in [0.15, 0.2) is 6.61 Å². The lowest BCUT2D eigenvalue weighted by Gasteiger charge is -2.08. The third kappa shape index (κ3) is 5.98. The van der Waals surface area contributed by atoms with Gasteiger partial charge in [0, 0.05) is 11.2 Å². The number of esters is 1. The minimum atomic E-state index is -0.833. The number of carbonyl (C=O) groups is 3. The molecule has 1 aromatic carbocycles. The van der Waals surface area contributed by atoms with Crippen molar-refractivity contribution in [2.75, 3.05) is 18.5 Å². The molecular weight excluding hydrogens is 388 g/mol. The van der Waals surface area contributed by atoms with Gasteiger partial charge < -0.3 is 15.4 Å². The van der Waals surface area contributed by atoms with Gasteiger partial charge in [-0.1, -0.05) is 23.2 Å². The molecule has 136 valence electrons. The molecule has 1 heterocycles. The molecule has 0 aliphatic heterocycles. The van der Waals surface area contributed by atoms with Crippen LogP contribution in [0.4, 0.5) is 10.1 Å². The highest BCUT2D eigenvalue weighted by Gasteiger charge is 2.13. The first-order chi connectivity index (χ1) is 12.3. The van der Waals surface area contributed by atoms with Gasteiger partial charge in [0.2, 0.25) is 0 Å². The Hall–Kier alpha value is -2.71. The highest BCUT2D eigenvalue weighted by atomic mass is 35.5. The second kappa shape index (κ2) is 9.12. The Labute approximate surface area is 157 Å². The molecule has 10 heteroatoms. The monoisotopic (exact) mass is 399 g/mol. The minimum absolute atomic E-state index is 0.00552. The maximum atomic E-state index is 12.9. The van der Waals surface area contributed by atoms with Crippen LogP contribution in [0.15, 0.2) is 36.5 Å². The summed E-state index contributed by atoms with van der Waals surface area (Å²) in [5, 5.41) is 4.98. The van der Waals surface area contributed by atoms with Crippen LogP contribution < -0.4 is 10.6 Å². The molecule has 0 atom stereocenters. The second-order valence-corrected chi connectivity index (χ2v) is 5.72. The van der Waals surface area contributed by atoms with E-state index in [2.05, 4.69) is 15.6 Å². The Morgan fingerprint density at radius 2 is 1.92 bits per heavy atom. The van der Waals surface area contributed by atoms with Crippen LogP contribution in [0.5, 0.6) is 0 Å². The van der Waals surface area contributed by atoms with Crippen molar-refractivity contribution in [3.63, 3.8) is 0 Å². The summed E-state index contributed by atoms with van der Waals surface area (Å²) in [6.45, 7) is -1.06. The molecule has 0 fully saturated rings. The van der Waals surface area contributed by atoms with Gasteiger partial charge >= 0.3 is 5.97 Å². The van der Waals surface area contributed by atoms with Crippen LogP contribution in [-0.4, -0.2) is 35.9 Å². The number of carbonyl (C=O) groups excluding carboxylic acids is 3. The summed E-state index contributed by atoms with van der Waals surface area (Å²) < 4.78 is 17.6. The van der Waals surface area contributed by atoms with Crippen molar-refractivity contribution in [2.24, 2.45) is 0 Å². The molecule has 2 aromatic rings. The smallest absolute Gasteiger partial charge is 0.325 e. The van der Waals surface area contributed by atoms with E-state index < -0.39 is 36.8 Å². The van der Waals surface area contributed by atoms with Gasteiger partial charge in [-0.05, 0) is 30.3 Å². The van der Waals surface area contributed by atoms with Crippen molar-refractivity contribution in [2.45, 2.75) is 0 Å². The van der Waals surface area contributed by atoms with Crippen molar-refractivity contribution in [1.82, 2.24) is 10.3 Å². The molecule has 0 bridgehead atoms. The molecular formula is C16H12Cl2FN3O4. The molecule has 1 aromatic heterocycles. The van der Waals surface area contributed by atoms with Crippen LogP contribution in [0.3, 0.4) is 0 Å². The molecule has 0 aliphatic rings. The molecule has 0 saturated heterocycles.